The van der Waals surface area contributed by atoms with Crippen molar-refractivity contribution in [2.24, 2.45) is 0 Å². The van der Waals surface area contributed by atoms with Gasteiger partial charge in [-0.25, -0.2) is 4.79 Å². The van der Waals surface area contributed by atoms with Crippen molar-refractivity contribution in [2.75, 3.05) is 33.9 Å². The lowest BCUT2D eigenvalue weighted by Gasteiger charge is -2.27. The van der Waals surface area contributed by atoms with E-state index >= 15 is 0 Å². The number of nitrogens with one attached hydrogen (secondary N) is 2. The SMILES string of the molecule is COCCNC(=O)NCC1(OC)Cc2ccccc2C1. The number of urea groups is 1. The first-order chi connectivity index (χ1) is 9.69. The van der Waals surface area contributed by atoms with Crippen molar-refractivity contribution < 1.29 is 14.3 Å². The van der Waals surface area contributed by atoms with Crippen LogP contribution in [0.1, 0.15) is 11.1 Å². The predicted molar refractivity (Wildman–Crippen MR) is 76.9 cm³/mol. The van der Waals surface area contributed by atoms with Gasteiger partial charge in [0.25, 0.3) is 0 Å². The minimum atomic E-state index is -0.331. The molecule has 0 aromatic heterocycles. The molecular formula is C15H22N2O3. The van der Waals surface area contributed by atoms with Crippen LogP contribution < -0.4 is 10.6 Å². The quantitative estimate of drug-likeness (QED) is 0.767. The van der Waals surface area contributed by atoms with Gasteiger partial charge in [0.15, 0.2) is 0 Å². The molecule has 110 valence electrons. The van der Waals surface area contributed by atoms with Gasteiger partial charge in [0.05, 0.1) is 12.2 Å². The molecule has 0 spiro atoms. The zero-order valence-corrected chi connectivity index (χ0v) is 12.1. The number of carbonyl (C=O) groups is 1. The lowest BCUT2D eigenvalue weighted by Crippen LogP contribution is -2.48. The molecule has 0 heterocycles. The number of fused-ring (bicyclic) bond motifs is 1. The Kier molecular flexibility index (Phi) is 4.98. The molecule has 2 amide bonds. The summed E-state index contributed by atoms with van der Waals surface area (Å²) in [5.74, 6) is 0. The van der Waals surface area contributed by atoms with Gasteiger partial charge in [-0.05, 0) is 11.1 Å². The second-order valence-corrected chi connectivity index (χ2v) is 5.11. The Balaban J connectivity index is 1.86. The van der Waals surface area contributed by atoms with Gasteiger partial charge in [-0.15, -0.1) is 0 Å². The summed E-state index contributed by atoms with van der Waals surface area (Å²) in [7, 11) is 3.31. The predicted octanol–water partition coefficient (Wildman–Crippen LogP) is 1.12. The summed E-state index contributed by atoms with van der Waals surface area (Å²) in [6.45, 7) is 1.51. The van der Waals surface area contributed by atoms with Crippen molar-refractivity contribution in [3.8, 4) is 0 Å². The van der Waals surface area contributed by atoms with Crippen LogP contribution in [0.5, 0.6) is 0 Å². The highest BCUT2D eigenvalue weighted by atomic mass is 16.5. The molecule has 0 bridgehead atoms. The Bertz CT molecular complexity index is 437. The maximum Gasteiger partial charge on any atom is 0.314 e. The Morgan fingerprint density at radius 3 is 2.40 bits per heavy atom. The monoisotopic (exact) mass is 278 g/mol. The summed E-state index contributed by atoms with van der Waals surface area (Å²) in [5, 5.41) is 5.62. The molecule has 0 unspecified atom stereocenters. The van der Waals surface area contributed by atoms with E-state index in [9.17, 15) is 4.79 Å². The fourth-order valence-corrected chi connectivity index (χ4v) is 2.57. The summed E-state index contributed by atoms with van der Waals surface area (Å²) in [6.07, 6.45) is 1.66. The molecule has 1 aliphatic carbocycles. The fourth-order valence-electron chi connectivity index (χ4n) is 2.57. The van der Waals surface area contributed by atoms with Crippen LogP contribution in [0.25, 0.3) is 0 Å². The van der Waals surface area contributed by atoms with Crippen molar-refractivity contribution in [3.63, 3.8) is 0 Å². The molecule has 0 saturated carbocycles. The number of rotatable bonds is 6. The van der Waals surface area contributed by atoms with Crippen LogP contribution in [-0.2, 0) is 22.3 Å². The van der Waals surface area contributed by atoms with Gasteiger partial charge < -0.3 is 20.1 Å². The molecule has 5 heteroatoms. The molecular weight excluding hydrogens is 256 g/mol. The van der Waals surface area contributed by atoms with Crippen LogP contribution in [0.4, 0.5) is 4.79 Å². The smallest absolute Gasteiger partial charge is 0.314 e. The molecule has 0 aliphatic heterocycles. The first-order valence-corrected chi connectivity index (χ1v) is 6.82. The summed E-state index contributed by atoms with van der Waals surface area (Å²) < 4.78 is 10.6. The lowest BCUT2D eigenvalue weighted by molar-refractivity contribution is 0.00175. The van der Waals surface area contributed by atoms with Gasteiger partial charge >= 0.3 is 6.03 Å². The van der Waals surface area contributed by atoms with Gasteiger partial charge in [0.2, 0.25) is 0 Å². The molecule has 1 aliphatic rings. The van der Waals surface area contributed by atoms with E-state index in [-0.39, 0.29) is 11.6 Å². The highest BCUT2D eigenvalue weighted by Gasteiger charge is 2.37. The third kappa shape index (κ3) is 3.49. The first kappa shape index (κ1) is 14.8. The van der Waals surface area contributed by atoms with Crippen LogP contribution in [-0.4, -0.2) is 45.5 Å². The maximum atomic E-state index is 11.7. The third-order valence-corrected chi connectivity index (χ3v) is 3.74. The van der Waals surface area contributed by atoms with E-state index in [2.05, 4.69) is 22.8 Å². The molecule has 1 aromatic carbocycles. The average molecular weight is 278 g/mol. The highest BCUT2D eigenvalue weighted by molar-refractivity contribution is 5.73. The largest absolute Gasteiger partial charge is 0.383 e. The van der Waals surface area contributed by atoms with Crippen LogP contribution in [0, 0.1) is 0 Å². The Morgan fingerprint density at radius 2 is 1.85 bits per heavy atom. The van der Waals surface area contributed by atoms with Crippen molar-refractivity contribution in [1.82, 2.24) is 10.6 Å². The molecule has 2 rings (SSSR count). The second kappa shape index (κ2) is 6.72. The standard InChI is InChI=1S/C15H22N2O3/c1-19-8-7-16-14(18)17-11-15(20-2)9-12-5-3-4-6-13(12)10-15/h3-6H,7-11H2,1-2H3,(H2,16,17,18). The average Bonchev–Trinajstić information content (AvgIpc) is 2.85. The number of ether oxygens (including phenoxy) is 2. The molecule has 5 nitrogen and oxygen atoms in total. The molecule has 2 N–H and O–H groups in total. The number of hydrogen-bond donors (Lipinski definition) is 2. The van der Waals surface area contributed by atoms with E-state index in [0.717, 1.165) is 12.8 Å². The second-order valence-electron chi connectivity index (χ2n) is 5.11. The van der Waals surface area contributed by atoms with Gasteiger partial charge in [0, 0.05) is 40.2 Å². The Labute approximate surface area is 119 Å². The van der Waals surface area contributed by atoms with E-state index in [1.54, 1.807) is 14.2 Å². The minimum absolute atomic E-state index is 0.186. The number of amides is 2. The topological polar surface area (TPSA) is 59.6 Å². The first-order valence-electron chi connectivity index (χ1n) is 6.82. The fraction of sp³-hybridized carbons (Fsp3) is 0.533. The van der Waals surface area contributed by atoms with E-state index in [0.29, 0.717) is 19.7 Å². The van der Waals surface area contributed by atoms with E-state index in [1.807, 2.05) is 12.1 Å². The third-order valence-electron chi connectivity index (χ3n) is 3.74. The van der Waals surface area contributed by atoms with Crippen LogP contribution in [0.15, 0.2) is 24.3 Å². The molecule has 0 atom stereocenters. The van der Waals surface area contributed by atoms with Gasteiger partial charge in [-0.1, -0.05) is 24.3 Å². The zero-order chi connectivity index (χ0) is 14.4. The molecule has 1 aromatic rings. The zero-order valence-electron chi connectivity index (χ0n) is 12.1. The van der Waals surface area contributed by atoms with E-state index in [4.69, 9.17) is 9.47 Å². The molecule has 0 fully saturated rings. The number of methoxy groups -OCH3 is 2. The van der Waals surface area contributed by atoms with Crippen LogP contribution >= 0.6 is 0 Å². The van der Waals surface area contributed by atoms with Gasteiger partial charge in [-0.3, -0.25) is 0 Å². The van der Waals surface area contributed by atoms with Crippen LogP contribution in [0.3, 0.4) is 0 Å². The Hall–Kier alpha value is -1.59. The minimum Gasteiger partial charge on any atom is -0.383 e. The molecule has 0 radical (unpaired) electrons. The van der Waals surface area contributed by atoms with E-state index in [1.165, 1.54) is 11.1 Å². The van der Waals surface area contributed by atoms with Crippen molar-refractivity contribution in [2.45, 2.75) is 18.4 Å². The number of carbonyl (C=O) groups excluding carboxylic acids is 1. The van der Waals surface area contributed by atoms with Gasteiger partial charge in [-0.2, -0.15) is 0 Å². The summed E-state index contributed by atoms with van der Waals surface area (Å²) in [4.78, 5) is 11.7. The molecule has 0 saturated heterocycles. The van der Waals surface area contributed by atoms with Gasteiger partial charge in [0.1, 0.15) is 0 Å². The van der Waals surface area contributed by atoms with Crippen LogP contribution in [0.2, 0.25) is 0 Å². The number of benzene rings is 1. The van der Waals surface area contributed by atoms with Crippen molar-refractivity contribution in [1.29, 1.82) is 0 Å². The normalized spacial score (nSPS) is 15.7. The summed E-state index contributed by atoms with van der Waals surface area (Å²) >= 11 is 0. The van der Waals surface area contributed by atoms with Crippen molar-refractivity contribution >= 4 is 6.03 Å². The maximum absolute atomic E-state index is 11.7. The van der Waals surface area contributed by atoms with E-state index < -0.39 is 0 Å². The Morgan fingerprint density at radius 1 is 1.20 bits per heavy atom. The lowest BCUT2D eigenvalue weighted by atomic mass is 10.0. The molecule has 20 heavy (non-hydrogen) atoms. The van der Waals surface area contributed by atoms with Crippen molar-refractivity contribution in [3.05, 3.63) is 35.4 Å². The summed E-state index contributed by atoms with van der Waals surface area (Å²) in [6, 6.07) is 8.13. The highest BCUT2D eigenvalue weighted by Crippen LogP contribution is 2.31. The summed E-state index contributed by atoms with van der Waals surface area (Å²) in [5.41, 5.74) is 2.27. The number of hydrogen-bond acceptors (Lipinski definition) is 3.